The molecule has 0 aromatic heterocycles. The third-order valence-corrected chi connectivity index (χ3v) is 5.38. The Bertz CT molecular complexity index is 1160. The summed E-state index contributed by atoms with van der Waals surface area (Å²) < 4.78 is 5.92. The fraction of sp³-hybridized carbons (Fsp3) is 0.120. The summed E-state index contributed by atoms with van der Waals surface area (Å²) in [6.45, 7) is 1.50. The first-order valence-electron chi connectivity index (χ1n) is 9.90. The Labute approximate surface area is 185 Å². The largest absolute Gasteiger partial charge is 0.454 e. The van der Waals surface area contributed by atoms with Crippen LogP contribution in [0.5, 0.6) is 11.5 Å². The molecule has 1 atom stereocenters. The summed E-state index contributed by atoms with van der Waals surface area (Å²) >= 11 is 6.20. The summed E-state index contributed by atoms with van der Waals surface area (Å²) in [7, 11) is 0. The average Bonchev–Trinajstić information content (AvgIpc) is 2.76. The third-order valence-electron chi connectivity index (χ3n) is 5.07. The quantitative estimate of drug-likeness (QED) is 0.535. The number of nitrogens with zero attached hydrogens (tertiary/aromatic N) is 1. The van der Waals surface area contributed by atoms with Crippen molar-refractivity contribution < 1.29 is 14.3 Å². The maximum Gasteiger partial charge on any atom is 0.226 e. The second-order valence-electron chi connectivity index (χ2n) is 7.17. The van der Waals surface area contributed by atoms with E-state index in [0.29, 0.717) is 22.2 Å². The molecule has 5 nitrogen and oxygen atoms in total. The number of nitrogens with one attached hydrogen (secondary N) is 1. The molecule has 0 bridgehead atoms. The molecule has 1 aliphatic heterocycles. The van der Waals surface area contributed by atoms with E-state index in [1.54, 1.807) is 35.4 Å². The predicted octanol–water partition coefficient (Wildman–Crippen LogP) is 6.04. The molecule has 6 heteroatoms. The molecule has 0 radical (unpaired) electrons. The van der Waals surface area contributed by atoms with Crippen molar-refractivity contribution in [2.45, 2.75) is 19.4 Å². The van der Waals surface area contributed by atoms with Crippen LogP contribution in [0.2, 0.25) is 5.02 Å². The Hall–Kier alpha value is -3.57. The zero-order chi connectivity index (χ0) is 21.8. The number of hydrogen-bond donors (Lipinski definition) is 1. The number of hydrogen-bond acceptors (Lipinski definition) is 3. The number of halogens is 1. The highest BCUT2D eigenvalue weighted by atomic mass is 35.5. The lowest BCUT2D eigenvalue weighted by molar-refractivity contribution is -0.129. The zero-order valence-corrected chi connectivity index (χ0v) is 17.7. The normalized spacial score (nSPS) is 14.6. The molecular formula is C25H21ClN2O3. The van der Waals surface area contributed by atoms with Crippen molar-refractivity contribution in [2.24, 2.45) is 0 Å². The fourth-order valence-electron chi connectivity index (χ4n) is 3.59. The van der Waals surface area contributed by atoms with Crippen LogP contribution in [-0.4, -0.2) is 16.7 Å². The number of benzene rings is 3. The van der Waals surface area contributed by atoms with Crippen LogP contribution < -0.4 is 10.1 Å². The number of para-hydroxylation sites is 3. The van der Waals surface area contributed by atoms with Crippen molar-refractivity contribution in [3.05, 3.63) is 95.1 Å². The minimum atomic E-state index is -0.379. The standard InChI is InChI=1S/C25H21ClN2O3/c1-17(29)28-15-14-18-8-2-3-9-19(18)22(28)16-25(30)27-21-11-5-7-13-24(21)31-23-12-6-4-10-20(23)26/h2-15,22H,16H2,1H3,(H,27,30). The number of amides is 2. The second-order valence-corrected chi connectivity index (χ2v) is 7.57. The molecule has 1 heterocycles. The monoisotopic (exact) mass is 432 g/mol. The third kappa shape index (κ3) is 4.62. The maximum atomic E-state index is 13.0. The van der Waals surface area contributed by atoms with Gasteiger partial charge in [0.2, 0.25) is 11.8 Å². The molecule has 0 aliphatic carbocycles. The number of fused-ring (bicyclic) bond motifs is 1. The molecule has 1 aliphatic rings. The second kappa shape index (κ2) is 9.06. The van der Waals surface area contributed by atoms with Gasteiger partial charge in [-0.3, -0.25) is 9.59 Å². The number of anilines is 1. The Balaban J connectivity index is 1.55. The summed E-state index contributed by atoms with van der Waals surface area (Å²) in [5.74, 6) is 0.638. The van der Waals surface area contributed by atoms with Crippen molar-refractivity contribution >= 4 is 35.2 Å². The zero-order valence-electron chi connectivity index (χ0n) is 16.9. The molecule has 3 aromatic carbocycles. The first kappa shape index (κ1) is 20.7. The van der Waals surface area contributed by atoms with Gasteiger partial charge >= 0.3 is 0 Å². The van der Waals surface area contributed by atoms with Crippen molar-refractivity contribution in [3.8, 4) is 11.5 Å². The van der Waals surface area contributed by atoms with Gasteiger partial charge in [-0.25, -0.2) is 0 Å². The number of carbonyl (C=O) groups is 2. The van der Waals surface area contributed by atoms with Crippen LogP contribution in [-0.2, 0) is 9.59 Å². The number of carbonyl (C=O) groups excluding carboxylic acids is 2. The minimum absolute atomic E-state index is 0.112. The molecule has 0 saturated heterocycles. The smallest absolute Gasteiger partial charge is 0.226 e. The van der Waals surface area contributed by atoms with E-state index in [2.05, 4.69) is 5.32 Å². The van der Waals surface area contributed by atoms with Crippen molar-refractivity contribution in [2.75, 3.05) is 5.32 Å². The Kier molecular flexibility index (Phi) is 6.05. The lowest BCUT2D eigenvalue weighted by atomic mass is 9.93. The molecular weight excluding hydrogens is 412 g/mol. The highest BCUT2D eigenvalue weighted by Crippen LogP contribution is 2.35. The van der Waals surface area contributed by atoms with E-state index in [4.69, 9.17) is 16.3 Å². The van der Waals surface area contributed by atoms with Crippen molar-refractivity contribution in [3.63, 3.8) is 0 Å². The van der Waals surface area contributed by atoms with E-state index >= 15 is 0 Å². The van der Waals surface area contributed by atoms with Crippen LogP contribution in [0.15, 0.2) is 79.0 Å². The first-order chi connectivity index (χ1) is 15.0. The van der Waals surface area contributed by atoms with E-state index in [1.165, 1.54) is 6.92 Å². The SMILES string of the molecule is CC(=O)N1C=Cc2ccccc2C1CC(=O)Nc1ccccc1Oc1ccccc1Cl. The van der Waals surface area contributed by atoms with Gasteiger partial charge in [-0.15, -0.1) is 0 Å². The van der Waals surface area contributed by atoms with Gasteiger partial charge in [-0.1, -0.05) is 60.1 Å². The minimum Gasteiger partial charge on any atom is -0.454 e. The van der Waals surface area contributed by atoms with Crippen molar-refractivity contribution in [1.29, 1.82) is 0 Å². The van der Waals surface area contributed by atoms with E-state index in [0.717, 1.165) is 11.1 Å². The molecule has 1 unspecified atom stereocenters. The van der Waals surface area contributed by atoms with Gasteiger partial charge in [0, 0.05) is 13.1 Å². The summed E-state index contributed by atoms with van der Waals surface area (Å²) in [6, 6.07) is 21.7. The van der Waals surface area contributed by atoms with Crippen LogP contribution >= 0.6 is 11.6 Å². The molecule has 3 aromatic rings. The first-order valence-corrected chi connectivity index (χ1v) is 10.3. The lowest BCUT2D eigenvalue weighted by Crippen LogP contribution is -2.33. The van der Waals surface area contributed by atoms with Crippen molar-refractivity contribution in [1.82, 2.24) is 4.90 Å². The summed E-state index contributed by atoms with van der Waals surface area (Å²) in [5, 5.41) is 3.40. The molecule has 0 spiro atoms. The van der Waals surface area contributed by atoms with E-state index < -0.39 is 0 Å². The van der Waals surface area contributed by atoms with Gasteiger partial charge in [0.1, 0.15) is 5.75 Å². The predicted molar refractivity (Wildman–Crippen MR) is 122 cm³/mol. The van der Waals surface area contributed by atoms with Crippen LogP contribution in [0.1, 0.15) is 30.5 Å². The fourth-order valence-corrected chi connectivity index (χ4v) is 3.77. The van der Waals surface area contributed by atoms with Gasteiger partial charge < -0.3 is 15.0 Å². The van der Waals surface area contributed by atoms with Gasteiger partial charge in [-0.05, 0) is 41.5 Å². The molecule has 1 N–H and O–H groups in total. The van der Waals surface area contributed by atoms with Gasteiger partial charge in [-0.2, -0.15) is 0 Å². The summed E-state index contributed by atoms with van der Waals surface area (Å²) in [6.07, 6.45) is 3.73. The highest BCUT2D eigenvalue weighted by molar-refractivity contribution is 6.32. The van der Waals surface area contributed by atoms with Gasteiger partial charge in [0.25, 0.3) is 0 Å². The van der Waals surface area contributed by atoms with Crippen LogP contribution in [0.3, 0.4) is 0 Å². The van der Waals surface area contributed by atoms with Crippen LogP contribution in [0.25, 0.3) is 6.08 Å². The molecule has 2 amide bonds. The van der Waals surface area contributed by atoms with Crippen LogP contribution in [0, 0.1) is 0 Å². The Morgan fingerprint density at radius 3 is 2.42 bits per heavy atom. The molecule has 0 fully saturated rings. The van der Waals surface area contributed by atoms with E-state index in [1.807, 2.05) is 54.6 Å². The number of rotatable bonds is 5. The van der Waals surface area contributed by atoms with E-state index in [9.17, 15) is 9.59 Å². The average molecular weight is 433 g/mol. The molecule has 4 rings (SSSR count). The van der Waals surface area contributed by atoms with Gasteiger partial charge in [0.15, 0.2) is 5.75 Å². The Morgan fingerprint density at radius 2 is 1.65 bits per heavy atom. The highest BCUT2D eigenvalue weighted by Gasteiger charge is 2.28. The van der Waals surface area contributed by atoms with Gasteiger partial charge in [0.05, 0.1) is 23.2 Å². The topological polar surface area (TPSA) is 58.6 Å². The maximum absolute atomic E-state index is 13.0. The van der Waals surface area contributed by atoms with Crippen LogP contribution in [0.4, 0.5) is 5.69 Å². The summed E-state index contributed by atoms with van der Waals surface area (Å²) in [5.41, 5.74) is 2.47. The Morgan fingerprint density at radius 1 is 0.968 bits per heavy atom. The number of ether oxygens (including phenoxy) is 1. The lowest BCUT2D eigenvalue weighted by Gasteiger charge is -2.32. The molecule has 31 heavy (non-hydrogen) atoms. The summed E-state index contributed by atoms with van der Waals surface area (Å²) in [4.78, 5) is 26.7. The van der Waals surface area contributed by atoms with E-state index in [-0.39, 0.29) is 24.3 Å². The molecule has 156 valence electrons. The molecule has 0 saturated carbocycles.